The highest BCUT2D eigenvalue weighted by atomic mass is 15.0. The van der Waals surface area contributed by atoms with Crippen molar-refractivity contribution in [2.45, 2.75) is 38.6 Å². The average Bonchev–Trinajstić information content (AvgIpc) is 2.48. The van der Waals surface area contributed by atoms with Crippen LogP contribution >= 0.6 is 0 Å². The van der Waals surface area contributed by atoms with Crippen LogP contribution in [0.2, 0.25) is 0 Å². The Morgan fingerprint density at radius 3 is 2.47 bits per heavy atom. The van der Waals surface area contributed by atoms with Gasteiger partial charge in [0.25, 0.3) is 0 Å². The van der Waals surface area contributed by atoms with E-state index in [4.69, 9.17) is 0 Å². The van der Waals surface area contributed by atoms with Gasteiger partial charge in [-0.2, -0.15) is 0 Å². The molecule has 1 unspecified atom stereocenters. The van der Waals surface area contributed by atoms with Gasteiger partial charge < -0.3 is 5.32 Å². The topological polar surface area (TPSA) is 37.8 Å². The molecule has 3 heteroatoms. The smallest absolute Gasteiger partial charge is 0.115 e. The molecule has 0 amide bonds. The van der Waals surface area contributed by atoms with Gasteiger partial charge in [0.15, 0.2) is 0 Å². The van der Waals surface area contributed by atoms with E-state index in [1.165, 1.54) is 24.8 Å². The molecule has 1 aromatic heterocycles. The summed E-state index contributed by atoms with van der Waals surface area (Å²) in [6.07, 6.45) is 10.1. The van der Waals surface area contributed by atoms with Crippen molar-refractivity contribution in [1.82, 2.24) is 9.97 Å². The molecule has 1 heterocycles. The summed E-state index contributed by atoms with van der Waals surface area (Å²) < 4.78 is 0. The second-order valence-corrected chi connectivity index (χ2v) is 4.73. The molecule has 0 aliphatic heterocycles. The minimum Gasteiger partial charge on any atom is -0.376 e. The number of nitrogens with zero attached hydrogens (tertiary/aromatic N) is 2. The van der Waals surface area contributed by atoms with Gasteiger partial charge in [0.05, 0.1) is 24.1 Å². The van der Waals surface area contributed by atoms with Gasteiger partial charge in [0.1, 0.15) is 6.33 Å². The zero-order valence-electron chi connectivity index (χ0n) is 11.4. The zero-order valence-corrected chi connectivity index (χ0v) is 11.4. The highest BCUT2D eigenvalue weighted by Gasteiger charge is 2.10. The number of nitrogens with one attached hydrogen (secondary N) is 1. The largest absolute Gasteiger partial charge is 0.376 e. The summed E-state index contributed by atoms with van der Waals surface area (Å²) in [4.78, 5) is 8.11. The van der Waals surface area contributed by atoms with Crippen LogP contribution in [0.5, 0.6) is 0 Å². The molecule has 100 valence electrons. The van der Waals surface area contributed by atoms with E-state index in [1.807, 2.05) is 12.4 Å². The van der Waals surface area contributed by atoms with Gasteiger partial charge in [-0.25, -0.2) is 9.97 Å². The van der Waals surface area contributed by atoms with E-state index in [9.17, 15) is 0 Å². The van der Waals surface area contributed by atoms with Crippen molar-refractivity contribution in [2.24, 2.45) is 0 Å². The molecule has 19 heavy (non-hydrogen) atoms. The van der Waals surface area contributed by atoms with Gasteiger partial charge in [-0.05, 0) is 12.0 Å². The highest BCUT2D eigenvalue weighted by Crippen LogP contribution is 2.24. The van der Waals surface area contributed by atoms with Gasteiger partial charge in [-0.1, -0.05) is 56.5 Å². The maximum Gasteiger partial charge on any atom is 0.115 e. The normalized spacial score (nSPS) is 12.1. The van der Waals surface area contributed by atoms with E-state index in [2.05, 4.69) is 52.5 Å². The summed E-state index contributed by atoms with van der Waals surface area (Å²) in [5.41, 5.74) is 2.30. The first-order valence-corrected chi connectivity index (χ1v) is 6.96. The summed E-state index contributed by atoms with van der Waals surface area (Å²) in [5.74, 6) is 0. The molecule has 3 nitrogen and oxygen atoms in total. The van der Waals surface area contributed by atoms with E-state index in [0.717, 1.165) is 12.1 Å². The maximum absolute atomic E-state index is 4.05. The van der Waals surface area contributed by atoms with Crippen LogP contribution in [-0.4, -0.2) is 9.97 Å². The van der Waals surface area contributed by atoms with E-state index in [-0.39, 0.29) is 0 Å². The Bertz CT molecular complexity index is 456. The van der Waals surface area contributed by atoms with E-state index >= 15 is 0 Å². The molecule has 0 bridgehead atoms. The van der Waals surface area contributed by atoms with Crippen LogP contribution in [-0.2, 0) is 0 Å². The summed E-state index contributed by atoms with van der Waals surface area (Å²) >= 11 is 0. The fourth-order valence-electron chi connectivity index (χ4n) is 2.18. The average molecular weight is 255 g/mol. The van der Waals surface area contributed by atoms with Crippen molar-refractivity contribution < 1.29 is 0 Å². The van der Waals surface area contributed by atoms with Crippen molar-refractivity contribution in [3.05, 3.63) is 54.6 Å². The lowest BCUT2D eigenvalue weighted by Crippen LogP contribution is -2.11. The Labute approximate surface area is 115 Å². The number of anilines is 1. The number of benzene rings is 1. The highest BCUT2D eigenvalue weighted by molar-refractivity contribution is 5.40. The van der Waals surface area contributed by atoms with Gasteiger partial charge in [0, 0.05) is 0 Å². The Balaban J connectivity index is 2.06. The zero-order chi connectivity index (χ0) is 13.3. The first-order valence-electron chi connectivity index (χ1n) is 6.96. The molecule has 2 aromatic rings. The number of hydrogen-bond donors (Lipinski definition) is 1. The Kier molecular flexibility index (Phi) is 5.35. The standard InChI is InChI=1S/C16H21N3/c1-2-3-5-10-16(14-8-6-4-7-9-14)19-15-11-17-13-18-12-15/h4,6-9,11-13,16,19H,2-3,5,10H2,1H3. The van der Waals surface area contributed by atoms with Crippen molar-refractivity contribution in [3.8, 4) is 0 Å². The summed E-state index contributed by atoms with van der Waals surface area (Å²) in [7, 11) is 0. The Morgan fingerprint density at radius 2 is 1.79 bits per heavy atom. The lowest BCUT2D eigenvalue weighted by Gasteiger charge is -2.20. The number of aromatic nitrogens is 2. The quantitative estimate of drug-likeness (QED) is 0.753. The van der Waals surface area contributed by atoms with Crippen LogP contribution < -0.4 is 5.32 Å². The van der Waals surface area contributed by atoms with Crippen LogP contribution in [0.15, 0.2) is 49.1 Å². The van der Waals surface area contributed by atoms with Crippen molar-refractivity contribution in [1.29, 1.82) is 0 Å². The Morgan fingerprint density at radius 1 is 1.05 bits per heavy atom. The van der Waals surface area contributed by atoms with Crippen LogP contribution in [0.25, 0.3) is 0 Å². The van der Waals surface area contributed by atoms with E-state index in [0.29, 0.717) is 6.04 Å². The molecule has 1 N–H and O–H groups in total. The molecule has 0 aliphatic carbocycles. The van der Waals surface area contributed by atoms with Gasteiger partial charge in [-0.3, -0.25) is 0 Å². The van der Waals surface area contributed by atoms with E-state index in [1.54, 1.807) is 6.33 Å². The first-order chi connectivity index (χ1) is 9.40. The fraction of sp³-hybridized carbons (Fsp3) is 0.375. The van der Waals surface area contributed by atoms with Crippen LogP contribution in [0.4, 0.5) is 5.69 Å². The van der Waals surface area contributed by atoms with Crippen LogP contribution in [0.1, 0.15) is 44.2 Å². The molecule has 0 spiro atoms. The minimum absolute atomic E-state index is 0.332. The molecule has 0 saturated heterocycles. The molecule has 1 aromatic carbocycles. The molecular formula is C16H21N3. The summed E-state index contributed by atoms with van der Waals surface area (Å²) in [6, 6.07) is 10.9. The van der Waals surface area contributed by atoms with Crippen molar-refractivity contribution >= 4 is 5.69 Å². The number of rotatable bonds is 7. The monoisotopic (exact) mass is 255 g/mol. The fourth-order valence-corrected chi connectivity index (χ4v) is 2.18. The molecule has 2 rings (SSSR count). The van der Waals surface area contributed by atoms with Crippen LogP contribution in [0, 0.1) is 0 Å². The summed E-state index contributed by atoms with van der Waals surface area (Å²) in [6.45, 7) is 2.23. The third-order valence-corrected chi connectivity index (χ3v) is 3.20. The Hall–Kier alpha value is -1.90. The lowest BCUT2D eigenvalue weighted by atomic mass is 10.0. The molecule has 0 fully saturated rings. The number of hydrogen-bond acceptors (Lipinski definition) is 3. The molecular weight excluding hydrogens is 234 g/mol. The number of unbranched alkanes of at least 4 members (excludes halogenated alkanes) is 2. The molecule has 1 atom stereocenters. The first kappa shape index (κ1) is 13.5. The SMILES string of the molecule is CCCCCC(Nc1cncnc1)c1ccccc1. The second kappa shape index (κ2) is 7.52. The third kappa shape index (κ3) is 4.36. The maximum atomic E-state index is 4.05. The predicted octanol–water partition coefficient (Wildman–Crippen LogP) is 4.21. The van der Waals surface area contributed by atoms with Gasteiger partial charge >= 0.3 is 0 Å². The predicted molar refractivity (Wildman–Crippen MR) is 79.0 cm³/mol. The molecule has 0 radical (unpaired) electrons. The summed E-state index contributed by atoms with van der Waals surface area (Å²) in [5, 5.41) is 3.53. The molecule has 0 aliphatic rings. The molecule has 0 saturated carbocycles. The second-order valence-electron chi connectivity index (χ2n) is 4.73. The van der Waals surface area contributed by atoms with E-state index < -0.39 is 0 Å². The van der Waals surface area contributed by atoms with Crippen molar-refractivity contribution in [2.75, 3.05) is 5.32 Å². The minimum atomic E-state index is 0.332. The van der Waals surface area contributed by atoms with Gasteiger partial charge in [-0.15, -0.1) is 0 Å². The van der Waals surface area contributed by atoms with Gasteiger partial charge in [0.2, 0.25) is 0 Å². The van der Waals surface area contributed by atoms with Crippen LogP contribution in [0.3, 0.4) is 0 Å². The van der Waals surface area contributed by atoms with Crippen molar-refractivity contribution in [3.63, 3.8) is 0 Å². The third-order valence-electron chi connectivity index (χ3n) is 3.20. The lowest BCUT2D eigenvalue weighted by molar-refractivity contribution is 0.606.